The molecule has 120 valence electrons. The number of carboxylic acid groups (broad SMARTS) is 1. The Morgan fingerprint density at radius 1 is 1.33 bits per heavy atom. The Morgan fingerprint density at radius 3 is 2.67 bits per heavy atom. The highest BCUT2D eigenvalue weighted by molar-refractivity contribution is 5.79. The summed E-state index contributed by atoms with van der Waals surface area (Å²) in [5, 5.41) is 13.1. The third kappa shape index (κ3) is 3.10. The van der Waals surface area contributed by atoms with Crippen molar-refractivity contribution in [2.75, 3.05) is 19.6 Å². The van der Waals surface area contributed by atoms with Crippen molar-refractivity contribution >= 4 is 5.97 Å². The van der Waals surface area contributed by atoms with Gasteiger partial charge in [-0.2, -0.15) is 0 Å². The van der Waals surface area contributed by atoms with Crippen LogP contribution in [0.3, 0.4) is 0 Å². The molecule has 2 saturated heterocycles. The number of hydrogen-bond donors (Lipinski definition) is 2. The predicted molar refractivity (Wildman–Crippen MR) is 80.4 cm³/mol. The Morgan fingerprint density at radius 2 is 2.05 bits per heavy atom. The lowest BCUT2D eigenvalue weighted by atomic mass is 9.78. The topological polar surface area (TPSA) is 61.8 Å². The van der Waals surface area contributed by atoms with E-state index in [4.69, 9.17) is 4.74 Å². The first-order valence-corrected chi connectivity index (χ1v) is 8.51. The molecule has 5 heteroatoms. The molecule has 0 spiro atoms. The van der Waals surface area contributed by atoms with E-state index < -0.39 is 11.5 Å². The van der Waals surface area contributed by atoms with E-state index in [0.717, 1.165) is 51.7 Å². The molecule has 0 amide bonds. The summed E-state index contributed by atoms with van der Waals surface area (Å²) in [7, 11) is 0. The Bertz CT molecular complexity index is 378. The van der Waals surface area contributed by atoms with Crippen molar-refractivity contribution in [3.05, 3.63) is 0 Å². The lowest BCUT2D eigenvalue weighted by molar-refractivity contribution is -0.148. The average Bonchev–Trinajstić information content (AvgIpc) is 2.83. The number of likely N-dealkylation sites (tertiary alicyclic amines) is 1. The largest absolute Gasteiger partial charge is 0.480 e. The van der Waals surface area contributed by atoms with Crippen LogP contribution in [0, 0.1) is 0 Å². The van der Waals surface area contributed by atoms with Crippen LogP contribution in [0.2, 0.25) is 0 Å². The highest BCUT2D eigenvalue weighted by Gasteiger charge is 2.46. The minimum absolute atomic E-state index is 0.383. The van der Waals surface area contributed by atoms with E-state index >= 15 is 0 Å². The van der Waals surface area contributed by atoms with E-state index in [1.54, 1.807) is 0 Å². The second-order valence-electron chi connectivity index (χ2n) is 6.98. The highest BCUT2D eigenvalue weighted by atomic mass is 16.5. The molecule has 0 aromatic rings. The lowest BCUT2D eigenvalue weighted by Gasteiger charge is -2.45. The third-order valence-electron chi connectivity index (χ3n) is 5.44. The zero-order valence-electron chi connectivity index (χ0n) is 13.0. The van der Waals surface area contributed by atoms with Crippen molar-refractivity contribution in [3.63, 3.8) is 0 Å². The molecule has 1 aliphatic carbocycles. The van der Waals surface area contributed by atoms with Crippen LogP contribution in [0.1, 0.15) is 51.9 Å². The molecule has 5 nitrogen and oxygen atoms in total. The molecule has 4 atom stereocenters. The molecule has 0 aromatic carbocycles. The first kappa shape index (κ1) is 15.3. The molecule has 3 aliphatic rings. The van der Waals surface area contributed by atoms with Crippen LogP contribution in [0.4, 0.5) is 0 Å². The number of aliphatic carboxylic acids is 1. The van der Waals surface area contributed by atoms with E-state index in [1.807, 2.05) is 0 Å². The Balaban J connectivity index is 1.67. The van der Waals surface area contributed by atoms with Gasteiger partial charge in [0, 0.05) is 19.1 Å². The van der Waals surface area contributed by atoms with Crippen LogP contribution in [0.25, 0.3) is 0 Å². The number of morpholine rings is 1. The molecule has 4 unspecified atom stereocenters. The molecule has 0 radical (unpaired) electrons. The molecular weight excluding hydrogens is 268 g/mol. The SMILES string of the molecule is CCCNC1(C(=O)O)CCCC(N2CC3CCC(C2)O3)C1. The highest BCUT2D eigenvalue weighted by Crippen LogP contribution is 2.35. The molecule has 2 heterocycles. The summed E-state index contributed by atoms with van der Waals surface area (Å²) in [6.07, 6.45) is 7.71. The van der Waals surface area contributed by atoms with Crippen LogP contribution in [0.5, 0.6) is 0 Å². The van der Waals surface area contributed by atoms with Gasteiger partial charge >= 0.3 is 5.97 Å². The lowest BCUT2D eigenvalue weighted by Crippen LogP contribution is -2.60. The van der Waals surface area contributed by atoms with Crippen molar-refractivity contribution in [1.29, 1.82) is 0 Å². The average molecular weight is 296 g/mol. The van der Waals surface area contributed by atoms with Gasteiger partial charge in [-0.25, -0.2) is 0 Å². The Hall–Kier alpha value is -0.650. The summed E-state index contributed by atoms with van der Waals surface area (Å²) in [6.45, 7) is 4.85. The maximum absolute atomic E-state index is 11.8. The standard InChI is InChI=1S/C16H28N2O3/c1-2-8-17-16(15(19)20)7-3-4-12(9-16)18-10-13-5-6-14(11-18)21-13/h12-14,17H,2-11H2,1H3,(H,19,20). The van der Waals surface area contributed by atoms with Crippen molar-refractivity contribution in [2.45, 2.75) is 75.7 Å². The molecule has 2 N–H and O–H groups in total. The summed E-state index contributed by atoms with van der Waals surface area (Å²) in [5.74, 6) is -0.670. The van der Waals surface area contributed by atoms with Gasteiger partial charge in [-0.05, 0) is 51.5 Å². The summed E-state index contributed by atoms with van der Waals surface area (Å²) >= 11 is 0. The van der Waals surface area contributed by atoms with E-state index in [-0.39, 0.29) is 0 Å². The number of nitrogens with one attached hydrogen (secondary N) is 1. The summed E-state index contributed by atoms with van der Waals surface area (Å²) in [5.41, 5.74) is -0.712. The fraction of sp³-hybridized carbons (Fsp3) is 0.938. The van der Waals surface area contributed by atoms with Crippen molar-refractivity contribution in [3.8, 4) is 0 Å². The van der Waals surface area contributed by atoms with E-state index in [1.165, 1.54) is 12.8 Å². The molecule has 3 rings (SSSR count). The smallest absolute Gasteiger partial charge is 0.323 e. The normalized spacial score (nSPS) is 40.3. The number of ether oxygens (including phenoxy) is 1. The first-order chi connectivity index (χ1) is 10.1. The van der Waals surface area contributed by atoms with Gasteiger partial charge in [0.05, 0.1) is 12.2 Å². The second-order valence-corrected chi connectivity index (χ2v) is 6.98. The van der Waals surface area contributed by atoms with Gasteiger partial charge in [-0.1, -0.05) is 6.92 Å². The third-order valence-corrected chi connectivity index (χ3v) is 5.44. The first-order valence-electron chi connectivity index (χ1n) is 8.51. The van der Waals surface area contributed by atoms with Gasteiger partial charge in [-0.15, -0.1) is 0 Å². The monoisotopic (exact) mass is 296 g/mol. The molecular formula is C16H28N2O3. The minimum atomic E-state index is -0.712. The van der Waals surface area contributed by atoms with Crippen LogP contribution >= 0.6 is 0 Å². The number of fused-ring (bicyclic) bond motifs is 2. The van der Waals surface area contributed by atoms with Gasteiger partial charge in [0.25, 0.3) is 0 Å². The number of hydrogen-bond acceptors (Lipinski definition) is 4. The molecule has 2 aliphatic heterocycles. The van der Waals surface area contributed by atoms with Gasteiger partial charge in [0.15, 0.2) is 0 Å². The Labute approximate surface area is 127 Å². The molecule has 2 bridgehead atoms. The Kier molecular flexibility index (Phi) is 4.52. The zero-order chi connectivity index (χ0) is 14.9. The van der Waals surface area contributed by atoms with Crippen LogP contribution in [-0.2, 0) is 9.53 Å². The van der Waals surface area contributed by atoms with Crippen LogP contribution in [-0.4, -0.2) is 59.4 Å². The molecule has 21 heavy (non-hydrogen) atoms. The van der Waals surface area contributed by atoms with Gasteiger partial charge in [0.2, 0.25) is 0 Å². The molecule has 3 fully saturated rings. The number of carboxylic acids is 1. The number of carbonyl (C=O) groups is 1. The van der Waals surface area contributed by atoms with Gasteiger partial charge in [-0.3, -0.25) is 9.69 Å². The predicted octanol–water partition coefficient (Wildman–Crippen LogP) is 1.62. The fourth-order valence-electron chi connectivity index (χ4n) is 4.30. The number of rotatable bonds is 5. The maximum Gasteiger partial charge on any atom is 0.323 e. The summed E-state index contributed by atoms with van der Waals surface area (Å²) in [4.78, 5) is 14.4. The fourth-order valence-corrected chi connectivity index (χ4v) is 4.30. The zero-order valence-corrected chi connectivity index (χ0v) is 13.0. The van der Waals surface area contributed by atoms with Crippen molar-refractivity contribution < 1.29 is 14.6 Å². The van der Waals surface area contributed by atoms with E-state index in [0.29, 0.717) is 18.2 Å². The summed E-state index contributed by atoms with van der Waals surface area (Å²) < 4.78 is 5.91. The molecule has 0 aromatic heterocycles. The number of nitrogens with zero attached hydrogens (tertiary/aromatic N) is 1. The minimum Gasteiger partial charge on any atom is -0.480 e. The van der Waals surface area contributed by atoms with Gasteiger partial charge < -0.3 is 15.2 Å². The van der Waals surface area contributed by atoms with E-state index in [9.17, 15) is 9.90 Å². The quantitative estimate of drug-likeness (QED) is 0.807. The van der Waals surface area contributed by atoms with Crippen molar-refractivity contribution in [1.82, 2.24) is 10.2 Å². The second kappa shape index (κ2) is 6.23. The van der Waals surface area contributed by atoms with E-state index in [2.05, 4.69) is 17.1 Å². The molecule has 1 saturated carbocycles. The van der Waals surface area contributed by atoms with Crippen molar-refractivity contribution in [2.24, 2.45) is 0 Å². The van der Waals surface area contributed by atoms with Gasteiger partial charge in [0.1, 0.15) is 5.54 Å². The summed E-state index contributed by atoms with van der Waals surface area (Å²) in [6, 6.07) is 0.395. The van der Waals surface area contributed by atoms with Crippen LogP contribution < -0.4 is 5.32 Å². The maximum atomic E-state index is 11.8. The van der Waals surface area contributed by atoms with Crippen LogP contribution in [0.15, 0.2) is 0 Å².